The van der Waals surface area contributed by atoms with Crippen molar-refractivity contribution in [2.45, 2.75) is 26.7 Å². The average Bonchev–Trinajstić information content (AvgIpc) is 3.04. The van der Waals surface area contributed by atoms with Crippen molar-refractivity contribution >= 4 is 41.2 Å². The molecule has 2 amide bonds. The number of halogens is 2. The zero-order valence-electron chi connectivity index (χ0n) is 17.9. The van der Waals surface area contributed by atoms with Gasteiger partial charge in [0.15, 0.2) is 0 Å². The first-order chi connectivity index (χ1) is 15.3. The van der Waals surface area contributed by atoms with Gasteiger partial charge in [-0.1, -0.05) is 53.5 Å². The Morgan fingerprint density at radius 2 is 1.75 bits per heavy atom. The number of aromatic nitrogens is 1. The highest BCUT2D eigenvalue weighted by Gasteiger charge is 2.12. The van der Waals surface area contributed by atoms with Gasteiger partial charge >= 0.3 is 0 Å². The first kappa shape index (κ1) is 23.6. The summed E-state index contributed by atoms with van der Waals surface area (Å²) in [6.45, 7) is 4.38. The van der Waals surface area contributed by atoms with Crippen LogP contribution in [0.3, 0.4) is 0 Å². The maximum Gasteiger partial charge on any atom is 0.249 e. The zero-order valence-corrected chi connectivity index (χ0v) is 19.4. The van der Waals surface area contributed by atoms with Crippen LogP contribution in [0.2, 0.25) is 10.0 Å². The number of aryl methyl sites for hydroxylation is 1. The molecule has 0 unspecified atom stereocenters. The van der Waals surface area contributed by atoms with E-state index in [-0.39, 0.29) is 12.3 Å². The number of carbonyl (C=O) groups excluding carboxylic acids is 2. The number of amides is 2. The molecule has 8 heteroatoms. The highest BCUT2D eigenvalue weighted by atomic mass is 35.5. The molecule has 0 fully saturated rings. The third-order valence-corrected chi connectivity index (χ3v) is 5.66. The number of hydrogen-bond acceptors (Lipinski definition) is 3. The molecule has 0 aliphatic carbocycles. The summed E-state index contributed by atoms with van der Waals surface area (Å²) in [5, 5.41) is 7.71. The minimum atomic E-state index is -0.475. The number of rotatable bonds is 8. The predicted octanol–water partition coefficient (Wildman–Crippen LogP) is 4.60. The second-order valence-corrected chi connectivity index (χ2v) is 8.13. The molecule has 166 valence electrons. The summed E-state index contributed by atoms with van der Waals surface area (Å²) in [7, 11) is 0. The highest BCUT2D eigenvalue weighted by Crippen LogP contribution is 2.27. The normalized spacial score (nSPS) is 11.0. The lowest BCUT2D eigenvalue weighted by molar-refractivity contribution is -0.129. The fourth-order valence-corrected chi connectivity index (χ4v) is 3.64. The Kier molecular flexibility index (Phi) is 8.09. The molecule has 0 bridgehead atoms. The predicted molar refractivity (Wildman–Crippen MR) is 129 cm³/mol. The molecule has 0 atom stereocenters. The molecule has 2 aromatic carbocycles. The topological polar surface area (TPSA) is 75.5 Å². The largest absolute Gasteiger partial charge is 0.355 e. The van der Waals surface area contributed by atoms with E-state index in [9.17, 15) is 9.59 Å². The van der Waals surface area contributed by atoms with Crippen molar-refractivity contribution in [2.24, 2.45) is 5.10 Å². The van der Waals surface area contributed by atoms with Gasteiger partial charge in [-0.15, -0.1) is 0 Å². The van der Waals surface area contributed by atoms with Gasteiger partial charge in [0, 0.05) is 29.2 Å². The van der Waals surface area contributed by atoms with Crippen molar-refractivity contribution in [1.29, 1.82) is 0 Å². The van der Waals surface area contributed by atoms with Gasteiger partial charge in [0.25, 0.3) is 0 Å². The fourth-order valence-electron chi connectivity index (χ4n) is 3.35. The van der Waals surface area contributed by atoms with Gasteiger partial charge in [-0.05, 0) is 50.1 Å². The number of benzene rings is 2. The van der Waals surface area contributed by atoms with Crippen molar-refractivity contribution in [3.63, 3.8) is 0 Å². The van der Waals surface area contributed by atoms with E-state index in [0.29, 0.717) is 23.0 Å². The molecule has 2 N–H and O–H groups in total. The van der Waals surface area contributed by atoms with E-state index < -0.39 is 5.91 Å². The fraction of sp³-hybridized carbons (Fsp3) is 0.208. The zero-order chi connectivity index (χ0) is 23.1. The van der Waals surface area contributed by atoms with Gasteiger partial charge in [-0.3, -0.25) is 9.59 Å². The number of nitrogens with zero attached hydrogens (tertiary/aromatic N) is 2. The Hall–Kier alpha value is -3.09. The molecule has 32 heavy (non-hydrogen) atoms. The third kappa shape index (κ3) is 6.22. The molecule has 3 rings (SSSR count). The molecule has 0 radical (unpaired) electrons. The van der Waals surface area contributed by atoms with Gasteiger partial charge in [-0.2, -0.15) is 5.10 Å². The van der Waals surface area contributed by atoms with Crippen LogP contribution in [-0.4, -0.2) is 29.1 Å². The van der Waals surface area contributed by atoms with Crippen LogP contribution in [0.25, 0.3) is 5.69 Å². The smallest absolute Gasteiger partial charge is 0.249 e. The Morgan fingerprint density at radius 3 is 2.47 bits per heavy atom. The third-order valence-electron chi connectivity index (χ3n) is 4.92. The maximum atomic E-state index is 12.0. The van der Waals surface area contributed by atoms with E-state index >= 15 is 0 Å². The lowest BCUT2D eigenvalue weighted by Crippen LogP contribution is -2.31. The van der Waals surface area contributed by atoms with Crippen molar-refractivity contribution in [3.8, 4) is 5.69 Å². The van der Waals surface area contributed by atoms with Crippen molar-refractivity contribution in [3.05, 3.63) is 87.2 Å². The lowest BCUT2D eigenvalue weighted by Gasteiger charge is -2.10. The molecule has 1 heterocycles. The highest BCUT2D eigenvalue weighted by molar-refractivity contribution is 6.42. The number of carbonyl (C=O) groups is 2. The molecular formula is C24H24Cl2N4O2. The van der Waals surface area contributed by atoms with Crippen LogP contribution in [0.15, 0.2) is 59.7 Å². The van der Waals surface area contributed by atoms with E-state index in [0.717, 1.165) is 28.2 Å². The van der Waals surface area contributed by atoms with Crippen LogP contribution >= 0.6 is 23.2 Å². The number of hydrogen-bond donors (Lipinski definition) is 2. The first-order valence-electron chi connectivity index (χ1n) is 10.1. The summed E-state index contributed by atoms with van der Waals surface area (Å²) in [6, 6.07) is 17.2. The number of nitrogens with one attached hydrogen (secondary N) is 2. The van der Waals surface area contributed by atoms with Gasteiger partial charge in [0.05, 0.1) is 16.3 Å². The van der Waals surface area contributed by atoms with Gasteiger partial charge in [0.2, 0.25) is 11.8 Å². The molecule has 0 aliphatic rings. The molecule has 0 spiro atoms. The van der Waals surface area contributed by atoms with E-state index in [4.69, 9.17) is 23.2 Å². The molecule has 1 aromatic heterocycles. The van der Waals surface area contributed by atoms with Crippen molar-refractivity contribution < 1.29 is 9.59 Å². The second kappa shape index (κ2) is 11.0. The molecule has 6 nitrogen and oxygen atoms in total. The summed E-state index contributed by atoms with van der Waals surface area (Å²) in [5.41, 5.74) is 7.15. The van der Waals surface area contributed by atoms with Gasteiger partial charge in [0.1, 0.15) is 6.42 Å². The number of hydrazone groups is 1. The van der Waals surface area contributed by atoms with Crippen LogP contribution in [0.5, 0.6) is 0 Å². The Balaban J connectivity index is 1.52. The molecule has 0 aliphatic heterocycles. The van der Waals surface area contributed by atoms with Gasteiger partial charge in [-0.25, -0.2) is 5.43 Å². The first-order valence-corrected chi connectivity index (χ1v) is 10.9. The maximum absolute atomic E-state index is 12.0. The van der Waals surface area contributed by atoms with E-state index in [1.165, 1.54) is 0 Å². The van der Waals surface area contributed by atoms with E-state index in [1.807, 2.05) is 60.9 Å². The average molecular weight is 471 g/mol. The Morgan fingerprint density at radius 1 is 1.00 bits per heavy atom. The second-order valence-electron chi connectivity index (χ2n) is 7.32. The van der Waals surface area contributed by atoms with E-state index in [2.05, 4.69) is 15.8 Å². The summed E-state index contributed by atoms with van der Waals surface area (Å²) in [4.78, 5) is 23.9. The Bertz CT molecular complexity index is 1140. The summed E-state index contributed by atoms with van der Waals surface area (Å²) >= 11 is 12.2. The monoisotopic (exact) mass is 470 g/mol. The standard InChI is InChI=1S/C24H24Cl2N4O2/c1-16-12-19(17(2)30(16)20-8-9-21(25)22(26)13-20)15-28-29-24(32)14-23(31)27-11-10-18-6-4-3-5-7-18/h3-9,12-13,15H,10-11,14H2,1-2H3,(H,27,31)(H,29,32)/b28-15+. The van der Waals surface area contributed by atoms with Crippen LogP contribution in [0.4, 0.5) is 0 Å². The molecule has 0 saturated carbocycles. The molecular weight excluding hydrogens is 447 g/mol. The molecule has 3 aromatic rings. The van der Waals surface area contributed by atoms with Crippen LogP contribution in [0.1, 0.15) is 28.9 Å². The minimum Gasteiger partial charge on any atom is -0.355 e. The van der Waals surface area contributed by atoms with Crippen molar-refractivity contribution in [2.75, 3.05) is 6.54 Å². The van der Waals surface area contributed by atoms with E-state index in [1.54, 1.807) is 18.3 Å². The van der Waals surface area contributed by atoms with Crippen LogP contribution in [0, 0.1) is 13.8 Å². The van der Waals surface area contributed by atoms with Gasteiger partial charge < -0.3 is 9.88 Å². The molecule has 0 saturated heterocycles. The summed E-state index contributed by atoms with van der Waals surface area (Å²) in [5.74, 6) is -0.817. The summed E-state index contributed by atoms with van der Waals surface area (Å²) < 4.78 is 2.02. The summed E-state index contributed by atoms with van der Waals surface area (Å²) in [6.07, 6.45) is 1.98. The van der Waals surface area contributed by atoms with Crippen LogP contribution in [-0.2, 0) is 16.0 Å². The SMILES string of the molecule is Cc1cc(/C=N/NC(=O)CC(=O)NCCc2ccccc2)c(C)n1-c1ccc(Cl)c(Cl)c1. The Labute approximate surface area is 197 Å². The van der Waals surface area contributed by atoms with Crippen molar-refractivity contribution in [1.82, 2.24) is 15.3 Å². The lowest BCUT2D eigenvalue weighted by atomic mass is 10.1. The quantitative estimate of drug-likeness (QED) is 0.286. The minimum absolute atomic E-state index is 0.283. The van der Waals surface area contributed by atoms with Crippen LogP contribution < -0.4 is 10.7 Å².